The van der Waals surface area contributed by atoms with Gasteiger partial charge in [0, 0.05) is 6.07 Å². The van der Waals surface area contributed by atoms with E-state index >= 15 is 0 Å². The van der Waals surface area contributed by atoms with Crippen LogP contribution in [0, 0.1) is 10.1 Å². The molecule has 3 aromatic carbocycles. The fraction of sp³-hybridized carbons (Fsp3) is 0.100. The topological polar surface area (TPSA) is 46.4 Å². The molecule has 0 saturated heterocycles. The Morgan fingerprint density at radius 3 is 1.92 bits per heavy atom. The molecule has 0 bridgehead atoms. The predicted molar refractivity (Wildman–Crippen MR) is 101 cm³/mol. The van der Waals surface area contributed by atoms with Crippen LogP contribution in [-0.4, -0.2) is 4.92 Å². The van der Waals surface area contributed by atoms with Crippen LogP contribution in [0.2, 0.25) is 0 Å². The Balaban J connectivity index is 1.85. The molecule has 0 saturated carbocycles. The number of para-hydroxylation sites is 3. The van der Waals surface area contributed by atoms with Crippen molar-refractivity contribution in [2.75, 3.05) is 4.31 Å². The van der Waals surface area contributed by atoms with E-state index in [0.29, 0.717) is 4.90 Å². The first-order valence-electron chi connectivity index (χ1n) is 8.11. The third kappa shape index (κ3) is 2.98. The molecule has 0 fully saturated rings. The Morgan fingerprint density at radius 2 is 1.32 bits per heavy atom. The number of fused-ring (bicyclic) bond motifs is 2. The highest BCUT2D eigenvalue weighted by Crippen LogP contribution is 2.44. The lowest BCUT2D eigenvalue weighted by molar-refractivity contribution is -0.387. The molecule has 0 aromatic heterocycles. The molecule has 0 amide bonds. The van der Waals surface area contributed by atoms with Crippen molar-refractivity contribution < 1.29 is 4.92 Å². The summed E-state index contributed by atoms with van der Waals surface area (Å²) < 4.78 is 2.12. The van der Waals surface area contributed by atoms with Crippen LogP contribution >= 0.6 is 11.9 Å². The molecule has 0 N–H and O–H groups in total. The molecular formula is C20H16N2O2S. The molecule has 0 spiro atoms. The van der Waals surface area contributed by atoms with E-state index in [9.17, 15) is 10.1 Å². The van der Waals surface area contributed by atoms with Gasteiger partial charge < -0.3 is 0 Å². The van der Waals surface area contributed by atoms with Gasteiger partial charge in [0.25, 0.3) is 5.69 Å². The molecule has 0 radical (unpaired) electrons. The number of aryl methyl sites for hydroxylation is 2. The van der Waals surface area contributed by atoms with Gasteiger partial charge in [0.05, 0.1) is 16.3 Å². The monoisotopic (exact) mass is 348 g/mol. The van der Waals surface area contributed by atoms with Crippen LogP contribution in [0.5, 0.6) is 0 Å². The molecule has 0 atom stereocenters. The Labute approximate surface area is 150 Å². The van der Waals surface area contributed by atoms with E-state index in [1.807, 2.05) is 30.3 Å². The number of rotatable bonds is 3. The summed E-state index contributed by atoms with van der Waals surface area (Å²) in [5.41, 5.74) is 4.83. The fourth-order valence-corrected chi connectivity index (χ4v) is 4.25. The third-order valence-electron chi connectivity index (χ3n) is 4.34. The van der Waals surface area contributed by atoms with Gasteiger partial charge in [0.1, 0.15) is 4.90 Å². The van der Waals surface area contributed by atoms with Crippen LogP contribution < -0.4 is 4.31 Å². The Kier molecular flexibility index (Phi) is 4.15. The second-order valence-electron chi connectivity index (χ2n) is 5.87. The number of nitrogens with zero attached hydrogens (tertiary/aromatic N) is 2. The third-order valence-corrected chi connectivity index (χ3v) is 5.45. The maximum atomic E-state index is 11.4. The molecule has 4 nitrogen and oxygen atoms in total. The lowest BCUT2D eigenvalue weighted by atomic mass is 10.0. The Morgan fingerprint density at radius 1 is 0.800 bits per heavy atom. The van der Waals surface area contributed by atoms with Gasteiger partial charge >= 0.3 is 0 Å². The Hall–Kier alpha value is -2.79. The SMILES string of the molecule is O=[N+]([O-])c1ccccc1SN1c2ccccc2CCc2ccccc21. The van der Waals surface area contributed by atoms with Gasteiger partial charge in [0.2, 0.25) is 0 Å². The van der Waals surface area contributed by atoms with E-state index in [-0.39, 0.29) is 10.6 Å². The molecule has 5 heteroatoms. The van der Waals surface area contributed by atoms with Crippen molar-refractivity contribution in [2.24, 2.45) is 0 Å². The molecule has 25 heavy (non-hydrogen) atoms. The van der Waals surface area contributed by atoms with Crippen molar-refractivity contribution >= 4 is 29.0 Å². The van der Waals surface area contributed by atoms with Crippen LogP contribution in [-0.2, 0) is 12.8 Å². The van der Waals surface area contributed by atoms with Gasteiger partial charge in [-0.15, -0.1) is 0 Å². The summed E-state index contributed by atoms with van der Waals surface area (Å²) in [4.78, 5) is 11.7. The number of hydrogen-bond donors (Lipinski definition) is 0. The smallest absolute Gasteiger partial charge is 0.280 e. The quantitative estimate of drug-likeness (QED) is 0.354. The van der Waals surface area contributed by atoms with Gasteiger partial charge in [-0.25, -0.2) is 0 Å². The first-order chi connectivity index (χ1) is 12.2. The minimum atomic E-state index is -0.321. The highest BCUT2D eigenvalue weighted by atomic mass is 32.2. The zero-order chi connectivity index (χ0) is 17.2. The van der Waals surface area contributed by atoms with Gasteiger partial charge in [-0.05, 0) is 54.1 Å². The van der Waals surface area contributed by atoms with Crippen LogP contribution in [0.4, 0.5) is 17.1 Å². The maximum Gasteiger partial charge on any atom is 0.284 e. The summed E-state index contributed by atoms with van der Waals surface area (Å²) >= 11 is 1.41. The first kappa shape index (κ1) is 15.7. The summed E-state index contributed by atoms with van der Waals surface area (Å²) in [6.45, 7) is 0. The second kappa shape index (κ2) is 6.61. The van der Waals surface area contributed by atoms with E-state index in [1.54, 1.807) is 18.2 Å². The molecule has 1 aliphatic heterocycles. The summed E-state index contributed by atoms with van der Waals surface area (Å²) in [6, 6.07) is 23.4. The number of benzene rings is 3. The Bertz CT molecular complexity index is 895. The van der Waals surface area contributed by atoms with E-state index in [2.05, 4.69) is 28.6 Å². The van der Waals surface area contributed by atoms with Gasteiger partial charge in [-0.2, -0.15) is 0 Å². The second-order valence-corrected chi connectivity index (χ2v) is 6.86. The summed E-state index contributed by atoms with van der Waals surface area (Å²) in [6.07, 6.45) is 1.92. The fourth-order valence-electron chi connectivity index (χ4n) is 3.12. The van der Waals surface area contributed by atoms with E-state index < -0.39 is 0 Å². The van der Waals surface area contributed by atoms with E-state index in [4.69, 9.17) is 0 Å². The number of hydrogen-bond acceptors (Lipinski definition) is 4. The number of nitro groups is 1. The molecule has 0 aliphatic carbocycles. The molecule has 0 unspecified atom stereocenters. The first-order valence-corrected chi connectivity index (χ1v) is 8.89. The van der Waals surface area contributed by atoms with Crippen molar-refractivity contribution in [1.29, 1.82) is 0 Å². The highest BCUT2D eigenvalue weighted by Gasteiger charge is 2.24. The van der Waals surface area contributed by atoms with Crippen molar-refractivity contribution in [2.45, 2.75) is 17.7 Å². The van der Waals surface area contributed by atoms with Gasteiger partial charge in [0.15, 0.2) is 0 Å². The zero-order valence-corrected chi connectivity index (χ0v) is 14.3. The average Bonchev–Trinajstić information content (AvgIpc) is 2.80. The zero-order valence-electron chi connectivity index (χ0n) is 13.5. The average molecular weight is 348 g/mol. The lowest BCUT2D eigenvalue weighted by Crippen LogP contribution is -2.09. The van der Waals surface area contributed by atoms with Crippen LogP contribution in [0.3, 0.4) is 0 Å². The maximum absolute atomic E-state index is 11.4. The molecule has 3 aromatic rings. The van der Waals surface area contributed by atoms with Crippen LogP contribution in [0.25, 0.3) is 0 Å². The lowest BCUT2D eigenvalue weighted by Gasteiger charge is -2.25. The van der Waals surface area contributed by atoms with Crippen LogP contribution in [0.1, 0.15) is 11.1 Å². The minimum absolute atomic E-state index is 0.131. The number of nitro benzene ring substituents is 1. The molecule has 1 aliphatic rings. The summed E-state index contributed by atoms with van der Waals surface area (Å²) in [5.74, 6) is 0. The molecular weight excluding hydrogens is 332 g/mol. The predicted octanol–water partition coefficient (Wildman–Crippen LogP) is 5.54. The number of anilines is 2. The van der Waals surface area contributed by atoms with Crippen LogP contribution in [0.15, 0.2) is 77.7 Å². The summed E-state index contributed by atoms with van der Waals surface area (Å²) in [7, 11) is 0. The largest absolute Gasteiger partial charge is 0.284 e. The molecule has 124 valence electrons. The van der Waals surface area contributed by atoms with Gasteiger partial charge in [-0.3, -0.25) is 14.4 Å². The van der Waals surface area contributed by atoms with Crippen molar-refractivity contribution in [1.82, 2.24) is 0 Å². The molecule has 4 rings (SSSR count). The van der Waals surface area contributed by atoms with Gasteiger partial charge in [-0.1, -0.05) is 48.5 Å². The van der Waals surface area contributed by atoms with E-state index in [0.717, 1.165) is 24.2 Å². The normalized spacial score (nSPS) is 12.9. The van der Waals surface area contributed by atoms with Crippen molar-refractivity contribution in [3.05, 3.63) is 94.0 Å². The highest BCUT2D eigenvalue weighted by molar-refractivity contribution is 8.01. The van der Waals surface area contributed by atoms with Crippen molar-refractivity contribution in [3.8, 4) is 0 Å². The summed E-state index contributed by atoms with van der Waals surface area (Å²) in [5, 5.41) is 11.4. The van der Waals surface area contributed by atoms with E-state index in [1.165, 1.54) is 23.1 Å². The standard InChI is InChI=1S/C20H16N2O2S/c23-22(24)19-11-5-6-12-20(19)25-21-17-9-3-1-7-15(17)13-14-16-8-2-4-10-18(16)21/h1-12H,13-14H2. The molecule has 1 heterocycles. The van der Waals surface area contributed by atoms with Crippen molar-refractivity contribution in [3.63, 3.8) is 0 Å². The minimum Gasteiger partial charge on any atom is -0.280 e.